The molecule has 0 heterocycles. The average Bonchev–Trinajstić information content (AvgIpc) is 3.06. The van der Waals surface area contributed by atoms with Gasteiger partial charge in [-0.1, -0.05) is 51.0 Å². The minimum atomic E-state index is 0.547. The van der Waals surface area contributed by atoms with Gasteiger partial charge in [0.25, 0.3) is 0 Å². The largest absolute Gasteiger partial charge is 0.493 e. The minimum absolute atomic E-state index is 0.547. The van der Waals surface area contributed by atoms with E-state index < -0.39 is 0 Å². The Balaban J connectivity index is 2.10. The van der Waals surface area contributed by atoms with Crippen molar-refractivity contribution in [2.45, 2.75) is 39.5 Å². The minimum Gasteiger partial charge on any atom is -0.493 e. The third kappa shape index (κ3) is 8.78. The molecule has 3 rings (SSSR count). The molecule has 238 valence electrons. The molecule has 0 spiro atoms. The molecule has 0 aliphatic carbocycles. The number of unbranched alkanes of at least 4 members (excludes halogenated alkanes) is 2. The molecule has 44 heavy (non-hydrogen) atoms. The molecular formula is C36H46O8. The summed E-state index contributed by atoms with van der Waals surface area (Å²) in [7, 11) is 9.61. The van der Waals surface area contributed by atoms with Gasteiger partial charge in [0.05, 0.1) is 55.9 Å². The van der Waals surface area contributed by atoms with E-state index in [9.17, 15) is 0 Å². The van der Waals surface area contributed by atoms with E-state index in [2.05, 4.69) is 13.8 Å². The maximum Gasteiger partial charge on any atom is 0.203 e. The number of benzene rings is 3. The van der Waals surface area contributed by atoms with Crippen molar-refractivity contribution < 1.29 is 37.9 Å². The quantitative estimate of drug-likeness (QED) is 0.106. The molecule has 8 heteroatoms. The molecule has 0 bridgehead atoms. The number of rotatable bonds is 18. The molecule has 0 aromatic heterocycles. The van der Waals surface area contributed by atoms with E-state index in [-0.39, 0.29) is 0 Å². The highest BCUT2D eigenvalue weighted by Crippen LogP contribution is 2.40. The lowest BCUT2D eigenvalue weighted by Crippen LogP contribution is -2.02. The lowest BCUT2D eigenvalue weighted by Gasteiger charge is -2.16. The van der Waals surface area contributed by atoms with Crippen molar-refractivity contribution >= 4 is 24.3 Å². The predicted molar refractivity (Wildman–Crippen MR) is 177 cm³/mol. The van der Waals surface area contributed by atoms with Crippen molar-refractivity contribution in [1.82, 2.24) is 0 Å². The number of ether oxygens (including phenoxy) is 8. The normalized spacial score (nSPS) is 11.1. The third-order valence-corrected chi connectivity index (χ3v) is 6.94. The molecule has 3 aromatic rings. The zero-order valence-electron chi connectivity index (χ0n) is 27.3. The maximum atomic E-state index is 6.30. The topological polar surface area (TPSA) is 73.8 Å². The third-order valence-electron chi connectivity index (χ3n) is 6.94. The Morgan fingerprint density at radius 2 is 0.773 bits per heavy atom. The molecule has 0 radical (unpaired) electrons. The van der Waals surface area contributed by atoms with E-state index in [1.807, 2.05) is 60.7 Å². The van der Waals surface area contributed by atoms with Crippen LogP contribution < -0.4 is 37.9 Å². The Kier molecular flexibility index (Phi) is 13.6. The molecule has 0 atom stereocenters. The van der Waals surface area contributed by atoms with Crippen LogP contribution in [0.2, 0.25) is 0 Å². The van der Waals surface area contributed by atoms with Gasteiger partial charge in [-0.15, -0.1) is 0 Å². The van der Waals surface area contributed by atoms with Gasteiger partial charge in [-0.2, -0.15) is 0 Å². The van der Waals surface area contributed by atoms with Crippen molar-refractivity contribution in [3.63, 3.8) is 0 Å². The highest BCUT2D eigenvalue weighted by molar-refractivity contribution is 5.80. The smallest absolute Gasteiger partial charge is 0.203 e. The van der Waals surface area contributed by atoms with E-state index >= 15 is 0 Å². The van der Waals surface area contributed by atoms with E-state index in [0.717, 1.165) is 59.4 Å². The van der Waals surface area contributed by atoms with Gasteiger partial charge >= 0.3 is 0 Å². The summed E-state index contributed by atoms with van der Waals surface area (Å²) in [6.45, 7) is 5.50. The molecule has 3 aromatic carbocycles. The number of methoxy groups -OCH3 is 6. The summed E-state index contributed by atoms with van der Waals surface area (Å²) >= 11 is 0. The summed E-state index contributed by atoms with van der Waals surface area (Å²) in [5.41, 5.74) is 3.57. The van der Waals surface area contributed by atoms with E-state index in [0.29, 0.717) is 47.7 Å². The van der Waals surface area contributed by atoms with Crippen LogP contribution >= 0.6 is 0 Å². The first kappa shape index (κ1) is 34.0. The summed E-state index contributed by atoms with van der Waals surface area (Å²) in [6.07, 6.45) is 12.0. The molecule has 8 nitrogen and oxygen atoms in total. The fourth-order valence-electron chi connectivity index (χ4n) is 4.52. The SMILES string of the molecule is CCCCOc1cc(/C=C/c2cc(OC)c(OC)c(OC)c2)c(OCCCC)cc1/C=C/c1cc(OC)c(OC)c(OC)c1. The van der Waals surface area contributed by atoms with Crippen LogP contribution in [-0.4, -0.2) is 55.9 Å². The molecule has 0 saturated heterocycles. The summed E-state index contributed by atoms with van der Waals surface area (Å²) in [6, 6.07) is 11.7. The standard InChI is InChI=1S/C36H46O8/c1-9-11-17-43-29-23-28(16-14-26-21-33(39-5)36(42-8)34(22-26)40-6)30(44-18-12-10-2)24-27(29)15-13-25-19-31(37-3)35(41-7)32(20-25)38-4/h13-16,19-24H,9-12,17-18H2,1-8H3/b15-13+,16-14+. The second kappa shape index (κ2) is 17.6. The second-order valence-electron chi connectivity index (χ2n) is 9.92. The lowest BCUT2D eigenvalue weighted by molar-refractivity contribution is 0.300. The van der Waals surface area contributed by atoms with Crippen LogP contribution in [0.5, 0.6) is 46.0 Å². The Labute approximate surface area is 262 Å². The van der Waals surface area contributed by atoms with E-state index in [1.54, 1.807) is 42.7 Å². The van der Waals surface area contributed by atoms with Gasteiger partial charge in [-0.05, 0) is 60.4 Å². The van der Waals surface area contributed by atoms with Gasteiger partial charge in [0.1, 0.15) is 11.5 Å². The number of hydrogen-bond donors (Lipinski definition) is 0. The van der Waals surface area contributed by atoms with Crippen molar-refractivity contribution in [2.75, 3.05) is 55.9 Å². The van der Waals surface area contributed by atoms with Crippen molar-refractivity contribution in [1.29, 1.82) is 0 Å². The Hall–Kier alpha value is -4.46. The van der Waals surface area contributed by atoms with Crippen molar-refractivity contribution in [2.24, 2.45) is 0 Å². The summed E-state index contributed by atoms with van der Waals surface area (Å²) in [4.78, 5) is 0. The van der Waals surface area contributed by atoms with Gasteiger partial charge in [0.2, 0.25) is 11.5 Å². The first-order valence-electron chi connectivity index (χ1n) is 14.9. The molecule has 0 amide bonds. The van der Waals surface area contributed by atoms with Crippen LogP contribution in [0.1, 0.15) is 61.8 Å². The van der Waals surface area contributed by atoms with Crippen LogP contribution in [0.4, 0.5) is 0 Å². The van der Waals surface area contributed by atoms with Crippen molar-refractivity contribution in [3.05, 3.63) is 58.7 Å². The Morgan fingerprint density at radius 3 is 1.05 bits per heavy atom. The molecule has 0 N–H and O–H groups in total. The summed E-state index contributed by atoms with van der Waals surface area (Å²) < 4.78 is 45.7. The molecule has 0 aliphatic rings. The zero-order valence-corrected chi connectivity index (χ0v) is 27.3. The molecule has 0 aliphatic heterocycles. The first-order valence-corrected chi connectivity index (χ1v) is 14.9. The van der Waals surface area contributed by atoms with Crippen molar-refractivity contribution in [3.8, 4) is 46.0 Å². The maximum absolute atomic E-state index is 6.30. The van der Waals surface area contributed by atoms with Gasteiger partial charge in [-0.25, -0.2) is 0 Å². The highest BCUT2D eigenvalue weighted by Gasteiger charge is 2.15. The van der Waals surface area contributed by atoms with Gasteiger partial charge in [-0.3, -0.25) is 0 Å². The average molecular weight is 607 g/mol. The lowest BCUT2D eigenvalue weighted by atomic mass is 10.0. The van der Waals surface area contributed by atoms with Crippen LogP contribution in [0, 0.1) is 0 Å². The van der Waals surface area contributed by atoms with E-state index in [4.69, 9.17) is 37.9 Å². The fraction of sp³-hybridized carbons (Fsp3) is 0.389. The molecule has 0 fully saturated rings. The predicted octanol–water partition coefficient (Wildman–Crippen LogP) is 8.44. The Bertz CT molecular complexity index is 1250. The van der Waals surface area contributed by atoms with Crippen LogP contribution in [0.25, 0.3) is 24.3 Å². The van der Waals surface area contributed by atoms with Crippen LogP contribution in [0.15, 0.2) is 36.4 Å². The van der Waals surface area contributed by atoms with Gasteiger partial charge in [0.15, 0.2) is 23.0 Å². The molecule has 0 unspecified atom stereocenters. The van der Waals surface area contributed by atoms with Crippen LogP contribution in [-0.2, 0) is 0 Å². The zero-order chi connectivity index (χ0) is 31.9. The summed E-state index contributed by atoms with van der Waals surface area (Å²) in [5.74, 6) is 4.95. The monoisotopic (exact) mass is 606 g/mol. The molecular weight excluding hydrogens is 560 g/mol. The summed E-state index contributed by atoms with van der Waals surface area (Å²) in [5, 5.41) is 0. The van der Waals surface area contributed by atoms with Crippen LogP contribution in [0.3, 0.4) is 0 Å². The second-order valence-corrected chi connectivity index (χ2v) is 9.92. The number of hydrogen-bond acceptors (Lipinski definition) is 8. The first-order chi connectivity index (χ1) is 21.5. The van der Waals surface area contributed by atoms with E-state index in [1.165, 1.54) is 0 Å². The highest BCUT2D eigenvalue weighted by atomic mass is 16.5. The van der Waals surface area contributed by atoms with Gasteiger partial charge in [0, 0.05) is 11.1 Å². The fourth-order valence-corrected chi connectivity index (χ4v) is 4.52. The molecule has 0 saturated carbocycles. The Morgan fingerprint density at radius 1 is 0.432 bits per heavy atom. The van der Waals surface area contributed by atoms with Gasteiger partial charge < -0.3 is 37.9 Å².